The number of nitrogens with one attached hydrogen (secondary N) is 1. The fourth-order valence-corrected chi connectivity index (χ4v) is 2.66. The first-order valence-corrected chi connectivity index (χ1v) is 6.67. The van der Waals surface area contributed by atoms with E-state index in [4.69, 9.17) is 0 Å². The van der Waals surface area contributed by atoms with Gasteiger partial charge in [-0.25, -0.2) is 0 Å². The molecule has 1 N–H and O–H groups in total. The second-order valence-electron chi connectivity index (χ2n) is 4.33. The first kappa shape index (κ1) is 12.5. The molecule has 0 aliphatic rings. The van der Waals surface area contributed by atoms with Crippen LogP contribution in [0.2, 0.25) is 0 Å². The van der Waals surface area contributed by atoms with Gasteiger partial charge in [0.1, 0.15) is 5.00 Å². The average Bonchev–Trinajstić information content (AvgIpc) is 2.45. The summed E-state index contributed by atoms with van der Waals surface area (Å²) in [4.78, 5) is 12.8. The number of carbonyl (C=O) groups is 1. The zero-order valence-corrected chi connectivity index (χ0v) is 11.3. The van der Waals surface area contributed by atoms with Gasteiger partial charge in [-0.05, 0) is 24.7 Å². The molecule has 1 amide bonds. The molecule has 0 aromatic carbocycles. The summed E-state index contributed by atoms with van der Waals surface area (Å²) >= 11 is 2.96. The maximum atomic E-state index is 11.8. The molecule has 84 valence electrons. The molecular formula is C10H16N2OS2. The van der Waals surface area contributed by atoms with Crippen LogP contribution >= 0.6 is 23.3 Å². The summed E-state index contributed by atoms with van der Waals surface area (Å²) in [5.74, 6) is 0.0291. The number of hydrogen-bond donors (Lipinski definition) is 1. The maximum Gasteiger partial charge on any atom is 0.230 e. The normalized spacial score (nSPS) is 11.5. The van der Waals surface area contributed by atoms with E-state index in [1.165, 1.54) is 11.5 Å². The van der Waals surface area contributed by atoms with Crippen LogP contribution in [0.25, 0.3) is 0 Å². The Bertz CT molecular complexity index is 366. The van der Waals surface area contributed by atoms with E-state index < -0.39 is 0 Å². The molecule has 1 heterocycles. The number of aromatic nitrogens is 1. The van der Waals surface area contributed by atoms with Gasteiger partial charge in [0.15, 0.2) is 0 Å². The number of aryl methyl sites for hydroxylation is 1. The Morgan fingerprint density at radius 1 is 1.47 bits per heavy atom. The highest BCUT2D eigenvalue weighted by atomic mass is 32.2. The van der Waals surface area contributed by atoms with Crippen LogP contribution in [0.5, 0.6) is 0 Å². The van der Waals surface area contributed by atoms with Gasteiger partial charge in [0.05, 0.1) is 10.6 Å². The van der Waals surface area contributed by atoms with Crippen molar-refractivity contribution < 1.29 is 4.79 Å². The van der Waals surface area contributed by atoms with Gasteiger partial charge in [-0.3, -0.25) is 4.79 Å². The van der Waals surface area contributed by atoms with E-state index in [-0.39, 0.29) is 11.3 Å². The van der Waals surface area contributed by atoms with E-state index in [1.54, 1.807) is 11.8 Å². The van der Waals surface area contributed by atoms with E-state index in [1.807, 2.05) is 34.0 Å². The molecule has 0 aliphatic heterocycles. The van der Waals surface area contributed by atoms with E-state index in [0.29, 0.717) is 0 Å². The van der Waals surface area contributed by atoms with Gasteiger partial charge in [0, 0.05) is 5.41 Å². The third-order valence-corrected chi connectivity index (χ3v) is 3.81. The van der Waals surface area contributed by atoms with Crippen molar-refractivity contribution in [3.63, 3.8) is 0 Å². The molecule has 0 fully saturated rings. The lowest BCUT2D eigenvalue weighted by Gasteiger charge is -2.17. The minimum atomic E-state index is -0.367. The number of anilines is 1. The number of rotatable bonds is 2. The van der Waals surface area contributed by atoms with Crippen molar-refractivity contribution in [3.8, 4) is 0 Å². The van der Waals surface area contributed by atoms with Gasteiger partial charge in [-0.1, -0.05) is 20.8 Å². The second kappa shape index (κ2) is 4.53. The van der Waals surface area contributed by atoms with Gasteiger partial charge >= 0.3 is 0 Å². The van der Waals surface area contributed by atoms with Crippen molar-refractivity contribution in [3.05, 3.63) is 5.69 Å². The van der Waals surface area contributed by atoms with Crippen LogP contribution in [0.1, 0.15) is 26.5 Å². The standard InChI is InChI=1S/C10H16N2OS2/c1-6-7(14-5)8(15-12-6)11-9(13)10(2,3)4/h1-5H3,(H,11,13). The topological polar surface area (TPSA) is 42.0 Å². The molecule has 0 saturated carbocycles. The SMILES string of the molecule is CSc1c(C)nsc1NC(=O)C(C)(C)C. The molecule has 0 aliphatic carbocycles. The summed E-state index contributed by atoms with van der Waals surface area (Å²) in [5.41, 5.74) is 0.616. The Hall–Kier alpha value is -0.550. The number of amides is 1. The maximum absolute atomic E-state index is 11.8. The fourth-order valence-electron chi connectivity index (χ4n) is 0.972. The minimum Gasteiger partial charge on any atom is -0.315 e. The number of nitrogens with zero attached hydrogens (tertiary/aromatic N) is 1. The quantitative estimate of drug-likeness (QED) is 0.813. The molecule has 0 radical (unpaired) electrons. The monoisotopic (exact) mass is 244 g/mol. The molecule has 0 bridgehead atoms. The summed E-state index contributed by atoms with van der Waals surface area (Å²) in [7, 11) is 0. The van der Waals surface area contributed by atoms with Crippen molar-refractivity contribution in [1.82, 2.24) is 4.37 Å². The number of hydrogen-bond acceptors (Lipinski definition) is 4. The predicted molar refractivity (Wildman–Crippen MR) is 66.7 cm³/mol. The second-order valence-corrected chi connectivity index (χ2v) is 5.92. The van der Waals surface area contributed by atoms with Gasteiger partial charge in [0.2, 0.25) is 5.91 Å². The van der Waals surface area contributed by atoms with Gasteiger partial charge in [0.25, 0.3) is 0 Å². The molecule has 1 aromatic rings. The zero-order valence-electron chi connectivity index (χ0n) is 9.67. The van der Waals surface area contributed by atoms with Crippen LogP contribution in [0.3, 0.4) is 0 Å². The summed E-state index contributed by atoms with van der Waals surface area (Å²) < 4.78 is 4.23. The molecule has 0 atom stereocenters. The first-order valence-electron chi connectivity index (χ1n) is 4.68. The summed E-state index contributed by atoms with van der Waals surface area (Å²) in [5, 5.41) is 3.78. The predicted octanol–water partition coefficient (Wildman–Crippen LogP) is 3.16. The lowest BCUT2D eigenvalue weighted by atomic mass is 9.96. The van der Waals surface area contributed by atoms with Crippen LogP contribution < -0.4 is 5.32 Å². The summed E-state index contributed by atoms with van der Waals surface area (Å²) in [6, 6.07) is 0. The van der Waals surface area contributed by atoms with E-state index in [2.05, 4.69) is 9.69 Å². The molecule has 0 spiro atoms. The Labute approximate surface area is 98.8 Å². The van der Waals surface area contributed by atoms with Crippen molar-refractivity contribution >= 4 is 34.2 Å². The van der Waals surface area contributed by atoms with Gasteiger partial charge in [-0.2, -0.15) is 4.37 Å². The highest BCUT2D eigenvalue weighted by Gasteiger charge is 2.23. The Morgan fingerprint density at radius 3 is 2.53 bits per heavy atom. The third kappa shape index (κ3) is 2.95. The van der Waals surface area contributed by atoms with Crippen LogP contribution in [0.4, 0.5) is 5.00 Å². The lowest BCUT2D eigenvalue weighted by molar-refractivity contribution is -0.123. The highest BCUT2D eigenvalue weighted by Crippen LogP contribution is 2.33. The Morgan fingerprint density at radius 2 is 2.07 bits per heavy atom. The fraction of sp³-hybridized carbons (Fsp3) is 0.600. The third-order valence-electron chi connectivity index (χ3n) is 1.92. The van der Waals surface area contributed by atoms with Gasteiger partial charge < -0.3 is 5.32 Å². The molecule has 3 nitrogen and oxygen atoms in total. The Kier molecular flexibility index (Phi) is 3.78. The summed E-state index contributed by atoms with van der Waals surface area (Å²) in [6.07, 6.45) is 1.99. The number of thioether (sulfide) groups is 1. The molecule has 5 heteroatoms. The van der Waals surface area contributed by atoms with Crippen LogP contribution in [-0.2, 0) is 4.79 Å². The smallest absolute Gasteiger partial charge is 0.230 e. The van der Waals surface area contributed by atoms with Gasteiger partial charge in [-0.15, -0.1) is 11.8 Å². The lowest BCUT2D eigenvalue weighted by Crippen LogP contribution is -2.27. The van der Waals surface area contributed by atoms with Crippen LogP contribution in [0, 0.1) is 12.3 Å². The molecule has 1 aromatic heterocycles. The first-order chi connectivity index (χ1) is 6.86. The minimum absolute atomic E-state index is 0.0291. The van der Waals surface area contributed by atoms with Crippen molar-refractivity contribution in [2.24, 2.45) is 5.41 Å². The van der Waals surface area contributed by atoms with Crippen molar-refractivity contribution in [2.45, 2.75) is 32.6 Å². The van der Waals surface area contributed by atoms with E-state index >= 15 is 0 Å². The largest absolute Gasteiger partial charge is 0.315 e. The average molecular weight is 244 g/mol. The molecule has 0 unspecified atom stereocenters. The molecule has 15 heavy (non-hydrogen) atoms. The summed E-state index contributed by atoms with van der Waals surface area (Å²) in [6.45, 7) is 7.65. The Balaban J connectivity index is 2.86. The van der Waals surface area contributed by atoms with E-state index in [9.17, 15) is 4.79 Å². The molecule has 0 saturated heterocycles. The molecular weight excluding hydrogens is 228 g/mol. The van der Waals surface area contributed by atoms with Crippen molar-refractivity contribution in [2.75, 3.05) is 11.6 Å². The number of carbonyl (C=O) groups excluding carboxylic acids is 1. The van der Waals surface area contributed by atoms with E-state index in [0.717, 1.165) is 15.6 Å². The zero-order chi connectivity index (χ0) is 11.6. The molecule has 1 rings (SSSR count). The van der Waals surface area contributed by atoms with Crippen LogP contribution in [0.15, 0.2) is 4.90 Å². The van der Waals surface area contributed by atoms with Crippen molar-refractivity contribution in [1.29, 1.82) is 0 Å². The van der Waals surface area contributed by atoms with Crippen LogP contribution in [-0.4, -0.2) is 16.5 Å². The highest BCUT2D eigenvalue weighted by molar-refractivity contribution is 7.99.